The van der Waals surface area contributed by atoms with Crippen molar-refractivity contribution in [3.63, 3.8) is 0 Å². The first-order valence-corrected chi connectivity index (χ1v) is 6.98. The summed E-state index contributed by atoms with van der Waals surface area (Å²) in [6.45, 7) is 0. The van der Waals surface area contributed by atoms with Crippen LogP contribution in [0, 0.1) is 0 Å². The van der Waals surface area contributed by atoms with Gasteiger partial charge in [-0.1, -0.05) is 35.0 Å². The van der Waals surface area contributed by atoms with Crippen LogP contribution in [0.1, 0.15) is 11.4 Å². The topological polar surface area (TPSA) is 51.0 Å². The van der Waals surface area contributed by atoms with Gasteiger partial charge in [0.15, 0.2) is 5.82 Å². The van der Waals surface area contributed by atoms with Crippen molar-refractivity contribution in [1.82, 2.24) is 10.1 Å². The zero-order valence-corrected chi connectivity index (χ0v) is 12.3. The Morgan fingerprint density at radius 2 is 1.86 bits per heavy atom. The number of hydrogen-bond donors (Lipinski definition) is 1. The predicted octanol–water partition coefficient (Wildman–Crippen LogP) is 4.02. The van der Waals surface area contributed by atoms with Gasteiger partial charge in [0.25, 0.3) is 5.89 Å². The summed E-state index contributed by atoms with van der Waals surface area (Å²) in [7, 11) is 1.88. The maximum Gasteiger partial charge on any atom is 0.257 e. The Morgan fingerprint density at radius 1 is 1.10 bits per heavy atom. The third kappa shape index (κ3) is 3.06. The molecule has 0 radical (unpaired) electrons. The summed E-state index contributed by atoms with van der Waals surface area (Å²) in [5.74, 6) is 1.13. The highest BCUT2D eigenvalue weighted by Crippen LogP contribution is 2.22. The van der Waals surface area contributed by atoms with Crippen LogP contribution in [0.4, 0.5) is 5.69 Å². The van der Waals surface area contributed by atoms with E-state index in [1.807, 2.05) is 55.6 Å². The van der Waals surface area contributed by atoms with Crippen molar-refractivity contribution < 1.29 is 4.52 Å². The zero-order valence-electron chi connectivity index (χ0n) is 11.5. The lowest BCUT2D eigenvalue weighted by Gasteiger charge is -2.00. The Morgan fingerprint density at radius 3 is 2.57 bits per heavy atom. The molecule has 3 rings (SSSR count). The van der Waals surface area contributed by atoms with E-state index < -0.39 is 0 Å². The summed E-state index contributed by atoms with van der Waals surface area (Å²) >= 11 is 6.14. The van der Waals surface area contributed by atoms with E-state index in [9.17, 15) is 0 Å². The lowest BCUT2D eigenvalue weighted by Crippen LogP contribution is -1.91. The first-order valence-electron chi connectivity index (χ1n) is 6.60. The summed E-state index contributed by atoms with van der Waals surface area (Å²) in [6, 6.07) is 15.5. The van der Waals surface area contributed by atoms with Gasteiger partial charge in [-0.3, -0.25) is 0 Å². The standard InChI is InChI=1S/C16H14ClN3O/c1-18-13-8-6-11(7-9-13)16-19-15(20-21-16)10-12-4-2-3-5-14(12)17/h2-9,18H,10H2,1H3. The third-order valence-electron chi connectivity index (χ3n) is 3.20. The Labute approximate surface area is 127 Å². The van der Waals surface area contributed by atoms with Crippen molar-refractivity contribution in [3.05, 3.63) is 64.9 Å². The molecule has 0 atom stereocenters. The fourth-order valence-corrected chi connectivity index (χ4v) is 2.24. The number of hydrogen-bond acceptors (Lipinski definition) is 4. The van der Waals surface area contributed by atoms with Gasteiger partial charge < -0.3 is 9.84 Å². The van der Waals surface area contributed by atoms with E-state index in [0.717, 1.165) is 16.8 Å². The molecule has 0 bridgehead atoms. The van der Waals surface area contributed by atoms with Crippen LogP contribution in [0.5, 0.6) is 0 Å². The fourth-order valence-electron chi connectivity index (χ4n) is 2.03. The maximum absolute atomic E-state index is 6.14. The molecule has 0 saturated heterocycles. The van der Waals surface area contributed by atoms with Crippen molar-refractivity contribution >= 4 is 17.3 Å². The molecule has 0 aliphatic carbocycles. The average molecular weight is 300 g/mol. The van der Waals surface area contributed by atoms with Gasteiger partial charge in [-0.15, -0.1) is 0 Å². The Kier molecular flexibility index (Phi) is 3.88. The number of halogens is 1. The Bertz CT molecular complexity index is 737. The smallest absolute Gasteiger partial charge is 0.257 e. The third-order valence-corrected chi connectivity index (χ3v) is 3.56. The quantitative estimate of drug-likeness (QED) is 0.790. The minimum atomic E-state index is 0.514. The van der Waals surface area contributed by atoms with Crippen LogP contribution in [0.15, 0.2) is 53.1 Å². The first-order chi connectivity index (χ1) is 10.3. The average Bonchev–Trinajstić information content (AvgIpc) is 2.98. The lowest BCUT2D eigenvalue weighted by atomic mass is 10.1. The fraction of sp³-hybridized carbons (Fsp3) is 0.125. The number of aromatic nitrogens is 2. The normalized spacial score (nSPS) is 10.6. The van der Waals surface area contributed by atoms with Crippen LogP contribution in [-0.4, -0.2) is 17.2 Å². The van der Waals surface area contributed by atoms with Crippen LogP contribution >= 0.6 is 11.6 Å². The number of rotatable bonds is 4. The van der Waals surface area contributed by atoms with Crippen LogP contribution in [0.25, 0.3) is 11.5 Å². The van der Waals surface area contributed by atoms with E-state index in [-0.39, 0.29) is 0 Å². The summed E-state index contributed by atoms with van der Waals surface area (Å²) in [5, 5.41) is 7.79. The van der Waals surface area contributed by atoms with Crippen molar-refractivity contribution in [2.75, 3.05) is 12.4 Å². The van der Waals surface area contributed by atoms with Crippen LogP contribution in [0.3, 0.4) is 0 Å². The van der Waals surface area contributed by atoms with Gasteiger partial charge in [-0.2, -0.15) is 4.98 Å². The summed E-state index contributed by atoms with van der Waals surface area (Å²) in [6.07, 6.45) is 0.553. The molecule has 0 amide bonds. The number of nitrogens with one attached hydrogen (secondary N) is 1. The molecule has 0 aliphatic heterocycles. The minimum Gasteiger partial charge on any atom is -0.388 e. The highest BCUT2D eigenvalue weighted by atomic mass is 35.5. The molecule has 2 aromatic carbocycles. The van der Waals surface area contributed by atoms with E-state index in [0.29, 0.717) is 23.2 Å². The Hall–Kier alpha value is -2.33. The van der Waals surface area contributed by atoms with Gasteiger partial charge in [0.1, 0.15) is 0 Å². The monoisotopic (exact) mass is 299 g/mol. The van der Waals surface area contributed by atoms with E-state index in [2.05, 4.69) is 15.5 Å². The summed E-state index contributed by atoms with van der Waals surface area (Å²) in [4.78, 5) is 4.42. The van der Waals surface area contributed by atoms with Crippen molar-refractivity contribution in [1.29, 1.82) is 0 Å². The van der Waals surface area contributed by atoms with Gasteiger partial charge in [0.2, 0.25) is 0 Å². The summed E-state index contributed by atoms with van der Waals surface area (Å²) in [5.41, 5.74) is 2.92. The molecule has 1 heterocycles. The molecule has 21 heavy (non-hydrogen) atoms. The largest absolute Gasteiger partial charge is 0.388 e. The number of nitrogens with zero attached hydrogens (tertiary/aromatic N) is 2. The first kappa shape index (κ1) is 13.6. The van der Waals surface area contributed by atoms with E-state index in [1.165, 1.54) is 0 Å². The molecule has 3 aromatic rings. The highest BCUT2D eigenvalue weighted by molar-refractivity contribution is 6.31. The lowest BCUT2D eigenvalue weighted by molar-refractivity contribution is 0.424. The van der Waals surface area contributed by atoms with E-state index in [4.69, 9.17) is 16.1 Å². The van der Waals surface area contributed by atoms with Crippen LogP contribution < -0.4 is 5.32 Å². The van der Waals surface area contributed by atoms with Gasteiger partial charge in [-0.05, 0) is 35.9 Å². The summed E-state index contributed by atoms with van der Waals surface area (Å²) < 4.78 is 5.31. The SMILES string of the molecule is CNc1ccc(-c2nc(Cc3ccccc3Cl)no2)cc1. The van der Waals surface area contributed by atoms with Gasteiger partial charge in [-0.25, -0.2) is 0 Å². The molecule has 1 N–H and O–H groups in total. The molecule has 0 unspecified atom stereocenters. The molecular weight excluding hydrogens is 286 g/mol. The van der Waals surface area contributed by atoms with Crippen LogP contribution in [0.2, 0.25) is 5.02 Å². The van der Waals surface area contributed by atoms with Crippen molar-refractivity contribution in [3.8, 4) is 11.5 Å². The molecule has 0 saturated carbocycles. The van der Waals surface area contributed by atoms with Gasteiger partial charge in [0, 0.05) is 29.7 Å². The van der Waals surface area contributed by atoms with E-state index in [1.54, 1.807) is 0 Å². The van der Waals surface area contributed by atoms with E-state index >= 15 is 0 Å². The number of benzene rings is 2. The molecule has 4 nitrogen and oxygen atoms in total. The van der Waals surface area contributed by atoms with Crippen molar-refractivity contribution in [2.45, 2.75) is 6.42 Å². The second kappa shape index (κ2) is 5.97. The zero-order chi connectivity index (χ0) is 14.7. The van der Waals surface area contributed by atoms with Crippen LogP contribution in [-0.2, 0) is 6.42 Å². The molecule has 5 heteroatoms. The number of anilines is 1. The molecular formula is C16H14ClN3O. The maximum atomic E-state index is 6.14. The van der Waals surface area contributed by atoms with Gasteiger partial charge >= 0.3 is 0 Å². The second-order valence-corrected chi connectivity index (χ2v) is 5.02. The second-order valence-electron chi connectivity index (χ2n) is 4.61. The minimum absolute atomic E-state index is 0.514. The molecule has 0 fully saturated rings. The van der Waals surface area contributed by atoms with Gasteiger partial charge in [0.05, 0.1) is 0 Å². The molecule has 106 valence electrons. The highest BCUT2D eigenvalue weighted by Gasteiger charge is 2.10. The molecule has 0 aliphatic rings. The molecule has 0 spiro atoms. The molecule has 1 aromatic heterocycles. The predicted molar refractivity (Wildman–Crippen MR) is 83.5 cm³/mol. The Balaban J connectivity index is 1.81. The van der Waals surface area contributed by atoms with Crippen molar-refractivity contribution in [2.24, 2.45) is 0 Å².